The van der Waals surface area contributed by atoms with Gasteiger partial charge in [0, 0.05) is 11.6 Å². The van der Waals surface area contributed by atoms with Gasteiger partial charge in [-0.25, -0.2) is 14.5 Å². The van der Waals surface area contributed by atoms with Crippen LogP contribution in [0, 0.1) is 0 Å². The number of carbonyl (C=O) groups excluding carboxylic acids is 2. The van der Waals surface area contributed by atoms with E-state index in [1.165, 1.54) is 51.9 Å². The Labute approximate surface area is 262 Å². The number of halogens is 3. The van der Waals surface area contributed by atoms with Gasteiger partial charge in [-0.3, -0.25) is 9.69 Å². The highest BCUT2D eigenvalue weighted by Gasteiger charge is 2.32. The Hall–Kier alpha value is -4.65. The fraction of sp³-hybridized carbons (Fsp3) is 0.281. The van der Waals surface area contributed by atoms with Crippen molar-refractivity contribution in [3.8, 4) is 22.8 Å². The molecule has 1 saturated heterocycles. The van der Waals surface area contributed by atoms with Crippen LogP contribution in [0.2, 0.25) is 0 Å². The first kappa shape index (κ1) is 31.8. The maximum atomic E-state index is 12.7. The fourth-order valence-electron chi connectivity index (χ4n) is 4.86. The molecule has 9 nitrogen and oxygen atoms in total. The van der Waals surface area contributed by atoms with Gasteiger partial charge in [0.05, 0.1) is 17.1 Å². The lowest BCUT2D eigenvalue weighted by Crippen LogP contribution is -2.34. The quantitative estimate of drug-likeness (QED) is 0.202. The monoisotopic (exact) mass is 636 g/mol. The number of benzene rings is 3. The van der Waals surface area contributed by atoms with Crippen LogP contribution < -0.4 is 15.0 Å². The summed E-state index contributed by atoms with van der Waals surface area (Å²) in [5.74, 6) is 0.321. The first-order valence-electron chi connectivity index (χ1n) is 14.4. The molecule has 3 aromatic carbocycles. The third-order valence-corrected chi connectivity index (χ3v) is 8.01. The van der Waals surface area contributed by atoms with E-state index in [1.54, 1.807) is 0 Å². The molecule has 45 heavy (non-hydrogen) atoms. The van der Waals surface area contributed by atoms with Crippen LogP contribution in [0.1, 0.15) is 37.8 Å². The van der Waals surface area contributed by atoms with E-state index in [2.05, 4.69) is 25.1 Å². The van der Waals surface area contributed by atoms with Gasteiger partial charge in [0.25, 0.3) is 0 Å². The van der Waals surface area contributed by atoms with Gasteiger partial charge in [-0.05, 0) is 74.1 Å². The molecule has 0 bridgehead atoms. The van der Waals surface area contributed by atoms with Crippen molar-refractivity contribution < 1.29 is 27.5 Å². The molecule has 1 atom stereocenters. The van der Waals surface area contributed by atoms with Crippen LogP contribution in [0.5, 0.6) is 5.75 Å². The van der Waals surface area contributed by atoms with Gasteiger partial charge in [-0.1, -0.05) is 61.2 Å². The van der Waals surface area contributed by atoms with Gasteiger partial charge in [-0.15, -0.1) is 18.3 Å². The lowest BCUT2D eigenvalue weighted by Gasteiger charge is -2.19. The maximum absolute atomic E-state index is 12.7. The molecule has 1 fully saturated rings. The first-order chi connectivity index (χ1) is 21.6. The van der Waals surface area contributed by atoms with Crippen LogP contribution in [-0.4, -0.2) is 50.0 Å². The SMILES string of the molecule is CCc1ccccc1N1C(=O)CS/C1=N\C(=O)NC(C)CCCc1ccc(-c2ncn(-c3ccc(OC(F)(F)F)cc3)n2)cc1. The van der Waals surface area contributed by atoms with E-state index in [0.29, 0.717) is 16.7 Å². The Kier molecular flexibility index (Phi) is 9.87. The molecular formula is C32H31F3N6O3S. The molecule has 0 spiro atoms. The average molecular weight is 637 g/mol. The first-order valence-corrected chi connectivity index (χ1v) is 15.4. The van der Waals surface area contributed by atoms with Crippen molar-refractivity contribution in [1.29, 1.82) is 0 Å². The lowest BCUT2D eigenvalue weighted by molar-refractivity contribution is -0.274. The van der Waals surface area contributed by atoms with E-state index in [4.69, 9.17) is 0 Å². The number of alkyl halides is 3. The van der Waals surface area contributed by atoms with E-state index >= 15 is 0 Å². The highest BCUT2D eigenvalue weighted by molar-refractivity contribution is 8.15. The molecule has 0 radical (unpaired) electrons. The number of anilines is 1. The number of hydrogen-bond donors (Lipinski definition) is 1. The summed E-state index contributed by atoms with van der Waals surface area (Å²) in [5, 5.41) is 7.74. The summed E-state index contributed by atoms with van der Waals surface area (Å²) in [5.41, 5.74) is 4.23. The van der Waals surface area contributed by atoms with Gasteiger partial charge >= 0.3 is 12.4 Å². The second-order valence-corrected chi connectivity index (χ2v) is 11.3. The number of nitrogens with one attached hydrogen (secondary N) is 1. The van der Waals surface area contributed by atoms with Gasteiger partial charge < -0.3 is 10.1 Å². The topological polar surface area (TPSA) is 102 Å². The van der Waals surface area contributed by atoms with Crippen molar-refractivity contribution in [2.45, 2.75) is 51.9 Å². The third-order valence-electron chi connectivity index (χ3n) is 7.09. The van der Waals surface area contributed by atoms with Crippen LogP contribution >= 0.6 is 11.8 Å². The maximum Gasteiger partial charge on any atom is 0.573 e. The number of para-hydroxylation sites is 1. The fourth-order valence-corrected chi connectivity index (χ4v) is 5.72. The predicted molar refractivity (Wildman–Crippen MR) is 168 cm³/mol. The molecule has 234 valence electrons. The largest absolute Gasteiger partial charge is 0.573 e. The second-order valence-electron chi connectivity index (χ2n) is 10.4. The highest BCUT2D eigenvalue weighted by atomic mass is 32.2. The number of carbonyl (C=O) groups is 2. The van der Waals surface area contributed by atoms with Gasteiger partial charge in [-0.2, -0.15) is 4.99 Å². The van der Waals surface area contributed by atoms with Crippen LogP contribution in [-0.2, 0) is 17.6 Å². The van der Waals surface area contributed by atoms with Gasteiger partial charge in [0.15, 0.2) is 11.0 Å². The predicted octanol–water partition coefficient (Wildman–Crippen LogP) is 6.95. The van der Waals surface area contributed by atoms with E-state index in [-0.39, 0.29) is 23.5 Å². The van der Waals surface area contributed by atoms with E-state index in [1.807, 2.05) is 62.4 Å². The molecule has 0 saturated carbocycles. The number of aromatic nitrogens is 3. The van der Waals surface area contributed by atoms with Crippen LogP contribution in [0.3, 0.4) is 0 Å². The zero-order valence-corrected chi connectivity index (χ0v) is 25.4. The van der Waals surface area contributed by atoms with Crippen molar-refractivity contribution in [3.63, 3.8) is 0 Å². The summed E-state index contributed by atoms with van der Waals surface area (Å²) in [7, 11) is 0. The molecular weight excluding hydrogens is 605 g/mol. The molecule has 4 aromatic rings. The van der Waals surface area contributed by atoms with E-state index in [0.717, 1.165) is 48.1 Å². The molecule has 2 heterocycles. The van der Waals surface area contributed by atoms with E-state index < -0.39 is 12.4 Å². The number of hydrogen-bond acceptors (Lipinski definition) is 6. The standard InChI is InChI=1S/C32H31F3N6O3S/c1-3-23-9-4-5-10-27(23)41-28(42)19-45-31(41)38-30(43)37-21(2)7-6-8-22-11-13-24(14-12-22)29-36-20-40(39-29)25-15-17-26(18-16-25)44-32(33,34)35/h4-5,9-18,20-21H,3,6-8,19H2,1-2H3,(H,37,43)/b38-31-. The lowest BCUT2D eigenvalue weighted by atomic mass is 10.0. The molecule has 1 N–H and O–H groups in total. The number of amides is 3. The van der Waals surface area contributed by atoms with Gasteiger partial charge in [0.1, 0.15) is 12.1 Å². The van der Waals surface area contributed by atoms with Crippen LogP contribution in [0.4, 0.5) is 23.7 Å². The number of amidine groups is 1. The summed E-state index contributed by atoms with van der Waals surface area (Å²) in [6.45, 7) is 3.95. The molecule has 1 aromatic heterocycles. The summed E-state index contributed by atoms with van der Waals surface area (Å²) >= 11 is 1.26. The molecule has 0 aliphatic carbocycles. The Bertz CT molecular complexity index is 1670. The zero-order chi connectivity index (χ0) is 32.0. The zero-order valence-electron chi connectivity index (χ0n) is 24.6. The van der Waals surface area contributed by atoms with Crippen LogP contribution in [0.25, 0.3) is 17.1 Å². The second kappa shape index (κ2) is 14.0. The molecule has 3 amide bonds. The number of rotatable bonds is 10. The average Bonchev–Trinajstić information content (AvgIpc) is 3.64. The molecule has 1 unspecified atom stereocenters. The minimum absolute atomic E-state index is 0.0937. The minimum Gasteiger partial charge on any atom is -0.406 e. The highest BCUT2D eigenvalue weighted by Crippen LogP contribution is 2.30. The van der Waals surface area contributed by atoms with Gasteiger partial charge in [0.2, 0.25) is 5.91 Å². The van der Waals surface area contributed by atoms with Crippen molar-refractivity contribution in [2.24, 2.45) is 4.99 Å². The van der Waals surface area contributed by atoms with Crippen molar-refractivity contribution in [1.82, 2.24) is 20.1 Å². The minimum atomic E-state index is -4.75. The Morgan fingerprint density at radius 3 is 2.53 bits per heavy atom. The number of ether oxygens (including phenoxy) is 1. The third kappa shape index (κ3) is 8.29. The number of thioether (sulfide) groups is 1. The summed E-state index contributed by atoms with van der Waals surface area (Å²) < 4.78 is 42.6. The van der Waals surface area contributed by atoms with Crippen molar-refractivity contribution in [3.05, 3.63) is 90.3 Å². The molecule has 1 aliphatic rings. The van der Waals surface area contributed by atoms with Crippen molar-refractivity contribution in [2.75, 3.05) is 10.7 Å². The number of urea groups is 1. The summed E-state index contributed by atoms with van der Waals surface area (Å²) in [6.07, 6.45) is -0.118. The van der Waals surface area contributed by atoms with Crippen molar-refractivity contribution >= 4 is 34.6 Å². The normalized spacial score (nSPS) is 15.0. The number of aryl methyl sites for hydroxylation is 2. The summed E-state index contributed by atoms with van der Waals surface area (Å²) in [6, 6.07) is 20.2. The van der Waals surface area contributed by atoms with E-state index in [9.17, 15) is 22.8 Å². The summed E-state index contributed by atoms with van der Waals surface area (Å²) in [4.78, 5) is 35.4. The smallest absolute Gasteiger partial charge is 0.406 e. The number of nitrogens with zero attached hydrogens (tertiary/aromatic N) is 5. The molecule has 5 rings (SSSR count). The molecule has 1 aliphatic heterocycles. The Morgan fingerprint density at radius 2 is 1.82 bits per heavy atom. The molecule has 13 heteroatoms. The van der Waals surface area contributed by atoms with Crippen LogP contribution in [0.15, 0.2) is 84.1 Å². The Morgan fingerprint density at radius 1 is 1.09 bits per heavy atom. The Balaban J connectivity index is 1.11. The number of aliphatic imine (C=N–C) groups is 1.